The van der Waals surface area contributed by atoms with E-state index in [4.69, 9.17) is 9.97 Å². The third-order valence-electron chi connectivity index (χ3n) is 9.73. The Labute approximate surface area is 204 Å². The number of nitrogens with zero attached hydrogens (tertiary/aromatic N) is 3. The van der Waals surface area contributed by atoms with E-state index < -0.39 is 0 Å². The molecule has 2 aromatic heterocycles. The van der Waals surface area contributed by atoms with E-state index in [9.17, 15) is 0 Å². The van der Waals surface area contributed by atoms with Crippen LogP contribution in [0.1, 0.15) is 56.0 Å². The largest absolute Gasteiger partial charge is 0.279 e. The van der Waals surface area contributed by atoms with Crippen LogP contribution < -0.4 is 0 Å². The highest BCUT2D eigenvalue weighted by atomic mass is 15.1. The zero-order chi connectivity index (χ0) is 23.8. The molecule has 2 bridgehead atoms. The fourth-order valence-corrected chi connectivity index (χ4v) is 7.12. The van der Waals surface area contributed by atoms with E-state index >= 15 is 0 Å². The second kappa shape index (κ2) is 6.11. The molecule has 7 rings (SSSR count). The lowest BCUT2D eigenvalue weighted by molar-refractivity contribution is 0.542. The lowest BCUT2D eigenvalue weighted by Crippen LogP contribution is -2.36. The Morgan fingerprint density at radius 2 is 1.53 bits per heavy atom. The van der Waals surface area contributed by atoms with Crippen molar-refractivity contribution in [1.82, 2.24) is 14.4 Å². The highest BCUT2D eigenvalue weighted by Crippen LogP contribution is 2.74. The van der Waals surface area contributed by atoms with Crippen LogP contribution in [0.3, 0.4) is 0 Å². The maximum atomic E-state index is 5.34. The van der Waals surface area contributed by atoms with Crippen LogP contribution in [0.15, 0.2) is 48.5 Å². The predicted molar refractivity (Wildman–Crippen MR) is 154 cm³/mol. The molecule has 7 heteroatoms. The van der Waals surface area contributed by atoms with E-state index in [0.717, 1.165) is 27.9 Å². The number of hydrogen-bond acceptors (Lipinski definition) is 2. The fourth-order valence-electron chi connectivity index (χ4n) is 7.12. The van der Waals surface area contributed by atoms with Crippen molar-refractivity contribution >= 4 is 69.7 Å². The number of imidazole rings is 1. The highest BCUT2D eigenvalue weighted by Gasteiger charge is 2.59. The van der Waals surface area contributed by atoms with Gasteiger partial charge in [-0.15, -0.1) is 0 Å². The molecule has 164 valence electrons. The molecule has 2 aliphatic rings. The lowest BCUT2D eigenvalue weighted by atomic mass is 9.26. The van der Waals surface area contributed by atoms with Gasteiger partial charge in [0.05, 0.1) is 47.9 Å². The van der Waals surface area contributed by atoms with Gasteiger partial charge in [-0.25, -0.2) is 9.97 Å². The van der Waals surface area contributed by atoms with Crippen molar-refractivity contribution in [2.75, 3.05) is 0 Å². The zero-order valence-electron chi connectivity index (χ0n) is 21.3. The predicted octanol–water partition coefficient (Wildman–Crippen LogP) is 2.84. The smallest absolute Gasteiger partial charge is 0.148 e. The molecule has 3 nitrogen and oxygen atoms in total. The van der Waals surface area contributed by atoms with E-state index in [1.807, 2.05) is 0 Å². The Balaban J connectivity index is 1.63. The number of benzene rings is 3. The first kappa shape index (κ1) is 20.7. The van der Waals surface area contributed by atoms with Gasteiger partial charge < -0.3 is 0 Å². The lowest BCUT2D eigenvalue weighted by Gasteiger charge is -2.47. The molecule has 5 aromatic rings. The SMILES string of the molecule is BC1(B)C2CC(c3cc4c(cc32)nc2c3ccc5ccccc5c3nc(C(C)(C)C)n42)C1(B)B. The van der Waals surface area contributed by atoms with Gasteiger partial charge >= 0.3 is 0 Å². The Kier molecular flexibility index (Phi) is 3.71. The molecule has 2 unspecified atom stereocenters. The van der Waals surface area contributed by atoms with Crippen molar-refractivity contribution in [2.45, 2.75) is 54.9 Å². The molecule has 2 aliphatic carbocycles. The average molecular weight is 439 g/mol. The van der Waals surface area contributed by atoms with Crippen molar-refractivity contribution in [2.24, 2.45) is 0 Å². The minimum absolute atomic E-state index is 0.115. The maximum absolute atomic E-state index is 5.34. The van der Waals surface area contributed by atoms with Crippen molar-refractivity contribution < 1.29 is 0 Å². The summed E-state index contributed by atoms with van der Waals surface area (Å²) in [5, 5.41) is 4.13. The second-order valence-electron chi connectivity index (χ2n) is 12.9. The molecule has 0 amide bonds. The van der Waals surface area contributed by atoms with Gasteiger partial charge in [-0.1, -0.05) is 61.5 Å². The summed E-state index contributed by atoms with van der Waals surface area (Å²) in [6.07, 6.45) is 1.27. The molecule has 34 heavy (non-hydrogen) atoms. The zero-order valence-corrected chi connectivity index (χ0v) is 21.3. The Hall–Kier alpha value is -2.68. The van der Waals surface area contributed by atoms with E-state index in [1.165, 1.54) is 28.3 Å². The van der Waals surface area contributed by atoms with Crippen LogP contribution >= 0.6 is 0 Å². The minimum Gasteiger partial charge on any atom is -0.279 e. The Morgan fingerprint density at radius 3 is 2.24 bits per heavy atom. The number of hydrogen-bond donors (Lipinski definition) is 0. The summed E-state index contributed by atoms with van der Waals surface area (Å²) in [7, 11) is 9.88. The normalized spacial score (nSPS) is 22.8. The molecule has 0 N–H and O–H groups in total. The van der Waals surface area contributed by atoms with Crippen LogP contribution in [0.5, 0.6) is 0 Å². The summed E-state index contributed by atoms with van der Waals surface area (Å²) in [5.41, 5.74) is 7.37. The first-order valence-corrected chi connectivity index (χ1v) is 12.7. The van der Waals surface area contributed by atoms with Crippen LogP contribution in [0.4, 0.5) is 0 Å². The van der Waals surface area contributed by atoms with Crippen molar-refractivity contribution in [3.63, 3.8) is 0 Å². The van der Waals surface area contributed by atoms with Crippen molar-refractivity contribution in [1.29, 1.82) is 0 Å². The van der Waals surface area contributed by atoms with Crippen molar-refractivity contribution in [3.05, 3.63) is 65.5 Å². The molecule has 2 heterocycles. The van der Waals surface area contributed by atoms with Crippen LogP contribution in [0.2, 0.25) is 10.4 Å². The first-order valence-electron chi connectivity index (χ1n) is 12.7. The van der Waals surface area contributed by atoms with E-state index in [2.05, 4.69) is 105 Å². The summed E-state index contributed by atoms with van der Waals surface area (Å²) in [4.78, 5) is 10.6. The highest BCUT2D eigenvalue weighted by molar-refractivity contribution is 6.55. The molecular formula is C27H29B4N3. The molecule has 0 radical (unpaired) electrons. The van der Waals surface area contributed by atoms with Crippen molar-refractivity contribution in [3.8, 4) is 0 Å². The molecular weight excluding hydrogens is 410 g/mol. The van der Waals surface area contributed by atoms with Crippen LogP contribution in [0, 0.1) is 0 Å². The van der Waals surface area contributed by atoms with Crippen LogP contribution in [0.25, 0.3) is 38.4 Å². The molecule has 1 saturated carbocycles. The fraction of sp³-hybridized carbons (Fsp3) is 0.333. The Morgan fingerprint density at radius 1 is 0.853 bits per heavy atom. The molecule has 2 atom stereocenters. The number of fused-ring (bicyclic) bond motifs is 12. The third kappa shape index (κ3) is 2.34. The van der Waals surface area contributed by atoms with Gasteiger partial charge in [0, 0.05) is 16.2 Å². The molecule has 3 aromatic carbocycles. The maximum Gasteiger partial charge on any atom is 0.148 e. The summed E-state index contributed by atoms with van der Waals surface area (Å²) < 4.78 is 2.36. The quantitative estimate of drug-likeness (QED) is 0.275. The van der Waals surface area contributed by atoms with E-state index in [-0.39, 0.29) is 10.6 Å². The molecule has 0 saturated heterocycles. The summed E-state index contributed by atoms with van der Waals surface area (Å²) in [6, 6.07) is 17.9. The van der Waals surface area contributed by atoms with Gasteiger partial charge in [0.1, 0.15) is 11.5 Å². The van der Waals surface area contributed by atoms with Crippen LogP contribution in [-0.2, 0) is 5.41 Å². The summed E-state index contributed by atoms with van der Waals surface area (Å²) in [5.74, 6) is 2.29. The van der Waals surface area contributed by atoms with Gasteiger partial charge in [0.15, 0.2) is 0 Å². The van der Waals surface area contributed by atoms with Gasteiger partial charge in [-0.3, -0.25) is 4.40 Å². The summed E-state index contributed by atoms with van der Waals surface area (Å²) >= 11 is 0. The van der Waals surface area contributed by atoms with Gasteiger partial charge in [-0.2, -0.15) is 0 Å². The van der Waals surface area contributed by atoms with Gasteiger partial charge in [0.2, 0.25) is 0 Å². The monoisotopic (exact) mass is 439 g/mol. The topological polar surface area (TPSA) is 30.2 Å². The first-order chi connectivity index (χ1) is 16.0. The van der Waals surface area contributed by atoms with E-state index in [1.54, 1.807) is 5.56 Å². The second-order valence-corrected chi connectivity index (χ2v) is 12.9. The number of rotatable bonds is 0. The van der Waals surface area contributed by atoms with Gasteiger partial charge in [0.25, 0.3) is 0 Å². The number of aromatic nitrogens is 3. The molecule has 0 aliphatic heterocycles. The summed E-state index contributed by atoms with van der Waals surface area (Å²) in [6.45, 7) is 6.79. The molecule has 1 fully saturated rings. The third-order valence-corrected chi connectivity index (χ3v) is 9.73. The minimum atomic E-state index is -0.115. The van der Waals surface area contributed by atoms with Gasteiger partial charge in [-0.05, 0) is 53.0 Å². The van der Waals surface area contributed by atoms with Crippen LogP contribution in [-0.4, -0.2) is 45.8 Å². The Bertz CT molecular complexity index is 1690. The average Bonchev–Trinajstić information content (AvgIpc) is 3.39. The van der Waals surface area contributed by atoms with E-state index in [0.29, 0.717) is 17.0 Å². The standard InChI is InChI=1S/C27H29B4N3/c1-25(2,3)24-33-22-14-7-5-4-6-13(14)8-9-15(22)23-32-20-10-16-17(11-21(20)34(23)24)19-12-18(16)26(28,29)27(19,30)31/h4-11,18-19H,12,28-31H2,1-3H3. The molecule has 0 spiro atoms.